The number of aromatic amines is 1. The molecule has 3 rings (SSSR count). The van der Waals surface area contributed by atoms with Crippen LogP contribution in [0.2, 0.25) is 0 Å². The van der Waals surface area contributed by atoms with Gasteiger partial charge in [0.15, 0.2) is 11.6 Å². The molecule has 28 heteroatoms. The minimum Gasteiger partial charge on any atom is -0.368 e. The summed E-state index contributed by atoms with van der Waals surface area (Å²) in [7, 11) is 0. The summed E-state index contributed by atoms with van der Waals surface area (Å²) in [6.45, 7) is 20.1. The minimum absolute atomic E-state index is 0.00937. The third-order valence-corrected chi connectivity index (χ3v) is 15.5. The van der Waals surface area contributed by atoms with Crippen LogP contribution in [0, 0.1) is 29.6 Å². The number of thiol groups is 1. The molecule has 0 spiro atoms. The highest BCUT2D eigenvalue weighted by atomic mass is 32.1. The van der Waals surface area contributed by atoms with Gasteiger partial charge in [0.25, 0.3) is 5.91 Å². The van der Waals surface area contributed by atoms with E-state index in [-0.39, 0.29) is 86.3 Å². The quantitative estimate of drug-likeness (QED) is 0.00938. The minimum atomic E-state index is -1.29. The van der Waals surface area contributed by atoms with Crippen LogP contribution in [0.3, 0.4) is 0 Å². The van der Waals surface area contributed by atoms with Gasteiger partial charge in [-0.15, -0.1) is 0 Å². The third kappa shape index (κ3) is 29.2. The second-order valence-corrected chi connectivity index (χ2v) is 26.3. The number of primary amides is 1. The maximum atomic E-state index is 14.2. The number of aromatic nitrogens is 1. The van der Waals surface area contributed by atoms with Crippen molar-refractivity contribution in [3.63, 3.8) is 0 Å². The van der Waals surface area contributed by atoms with Gasteiger partial charge in [-0.3, -0.25) is 73.5 Å². The number of para-hydroxylation sites is 1. The van der Waals surface area contributed by atoms with Gasteiger partial charge in [-0.1, -0.05) is 99.6 Å². The van der Waals surface area contributed by atoms with E-state index in [2.05, 4.69) is 71.2 Å². The molecule has 9 atom stereocenters. The van der Waals surface area contributed by atoms with Crippen molar-refractivity contribution >= 4 is 87.8 Å². The van der Waals surface area contributed by atoms with Gasteiger partial charge in [0, 0.05) is 35.1 Å². The lowest BCUT2D eigenvalue weighted by Crippen LogP contribution is -2.58. The van der Waals surface area contributed by atoms with Gasteiger partial charge in [0.05, 0.1) is 55.8 Å². The highest BCUT2D eigenvalue weighted by Gasteiger charge is 2.35. The average Bonchev–Trinajstić information content (AvgIpc) is 1.76. The molecular weight excluding hydrogens is 1210 g/mol. The van der Waals surface area contributed by atoms with E-state index in [1.54, 1.807) is 37.4 Å². The Kier molecular flexibility index (Phi) is 35.7. The molecule has 0 radical (unpaired) electrons. The Hall–Kier alpha value is -6.70. The summed E-state index contributed by atoms with van der Waals surface area (Å²) in [6.07, 6.45) is 2.17. The molecule has 2 aromatic carbocycles. The van der Waals surface area contributed by atoms with E-state index in [4.69, 9.17) is 27.8 Å². The Balaban J connectivity index is 1.65. The van der Waals surface area contributed by atoms with E-state index < -0.39 is 138 Å². The Morgan fingerprint density at radius 1 is 0.570 bits per heavy atom. The smallest absolute Gasteiger partial charge is 0.251 e. The molecule has 0 aliphatic rings. The van der Waals surface area contributed by atoms with Gasteiger partial charge >= 0.3 is 0 Å². The molecule has 3 aromatic rings. The normalized spacial score (nSPS) is 14.7. The first kappa shape index (κ1) is 80.5. The zero-order chi connectivity index (χ0) is 69.6. The molecule has 0 bridgehead atoms. The van der Waals surface area contributed by atoms with Gasteiger partial charge in [-0.05, 0) is 124 Å². The fourth-order valence-corrected chi connectivity index (χ4v) is 10.3. The number of hydrogen-bond donors (Lipinski definition) is 16. The van der Waals surface area contributed by atoms with Gasteiger partial charge in [-0.25, -0.2) is 10.9 Å². The molecule has 0 saturated heterocycles. The second kappa shape index (κ2) is 41.2. The number of nitrogens with two attached hydrogens (primary N) is 4. The number of carbonyl (C=O) groups is 11. The molecule has 0 aliphatic carbocycles. The number of carbonyl (C=O) groups excluding carboxylic acids is 11. The number of hydroxylamine groups is 1. The zero-order valence-corrected chi connectivity index (χ0v) is 56.8. The van der Waals surface area contributed by atoms with E-state index in [1.807, 2.05) is 93.5 Å². The molecule has 1 aromatic heterocycles. The van der Waals surface area contributed by atoms with Crippen molar-refractivity contribution in [1.82, 2.24) is 58.5 Å². The first-order chi connectivity index (χ1) is 43.8. The van der Waals surface area contributed by atoms with Crippen molar-refractivity contribution in [2.75, 3.05) is 25.5 Å². The predicted molar refractivity (Wildman–Crippen MR) is 359 cm³/mol. The molecule has 19 N–H and O–H groups in total. The van der Waals surface area contributed by atoms with Gasteiger partial charge < -0.3 is 49.2 Å². The molecule has 93 heavy (non-hydrogen) atoms. The highest BCUT2D eigenvalue weighted by Crippen LogP contribution is 2.21. The fourth-order valence-electron chi connectivity index (χ4n) is 10.1. The molecule has 0 aliphatic heterocycles. The van der Waals surface area contributed by atoms with E-state index in [9.17, 15) is 52.7 Å². The number of amides is 5. The summed E-state index contributed by atoms with van der Waals surface area (Å²) in [6, 6.07) is 4.44. The lowest BCUT2D eigenvalue weighted by Gasteiger charge is -2.27. The van der Waals surface area contributed by atoms with Crippen molar-refractivity contribution in [3.8, 4) is 0 Å². The van der Waals surface area contributed by atoms with Gasteiger partial charge in [0.2, 0.25) is 46.8 Å². The van der Waals surface area contributed by atoms with Crippen LogP contribution >= 0.6 is 12.6 Å². The van der Waals surface area contributed by atoms with E-state index in [0.29, 0.717) is 36.9 Å². The number of ketones is 6. The summed E-state index contributed by atoms with van der Waals surface area (Å²) in [5.74, 6) is -7.70. The fraction of sp³-hybridized carbons (Fsp3) is 0.615. The summed E-state index contributed by atoms with van der Waals surface area (Å²) in [5.41, 5.74) is 33.3. The molecule has 518 valence electrons. The van der Waals surface area contributed by atoms with Crippen molar-refractivity contribution in [3.05, 3.63) is 71.4 Å². The molecular formula is C65H105N15O12S. The largest absolute Gasteiger partial charge is 0.368 e. The van der Waals surface area contributed by atoms with E-state index >= 15 is 0 Å². The number of nitrogens with one attached hydrogen (secondary N) is 11. The van der Waals surface area contributed by atoms with Crippen molar-refractivity contribution in [1.29, 1.82) is 0 Å². The SMILES string of the molecule is CC(C)C[C@H](NC(=O)[C@H](CC(C)C)NOCc1ccc(C(=O)NC(CS)C(N)=O)cc1)C(=O)CC(=O)[C@H](C)NCN[C@@H](CC(C)C)C(=O)N[C@@H](CC(C)C)C(=O)N[C@@H](CC(C)C)C(=O)C(=O)CNN[C@@H](Cc1c[nH]c2ccccc12)C(=O)C(=O)[C@@H](N)CCCNC(N)N. The Morgan fingerprint density at radius 2 is 1.12 bits per heavy atom. The lowest BCUT2D eigenvalue weighted by molar-refractivity contribution is -0.140. The highest BCUT2D eigenvalue weighted by molar-refractivity contribution is 7.80. The number of hydrogen-bond acceptors (Lipinski definition) is 22. The average molecular weight is 1320 g/mol. The second-order valence-electron chi connectivity index (χ2n) is 25.9. The molecule has 27 nitrogen and oxygen atoms in total. The van der Waals surface area contributed by atoms with Crippen LogP contribution < -0.4 is 76.5 Å². The Bertz CT molecular complexity index is 2940. The van der Waals surface area contributed by atoms with Crippen molar-refractivity contribution in [2.45, 2.75) is 201 Å². The van der Waals surface area contributed by atoms with Crippen LogP contribution in [0.25, 0.3) is 10.9 Å². The third-order valence-electron chi connectivity index (χ3n) is 15.1. The van der Waals surface area contributed by atoms with Crippen molar-refractivity contribution in [2.24, 2.45) is 52.5 Å². The maximum Gasteiger partial charge on any atom is 0.251 e. The van der Waals surface area contributed by atoms with Crippen LogP contribution in [0.1, 0.15) is 149 Å². The molecule has 1 heterocycles. The van der Waals surface area contributed by atoms with E-state index in [0.717, 1.165) is 10.9 Å². The van der Waals surface area contributed by atoms with Crippen LogP contribution in [0.4, 0.5) is 0 Å². The summed E-state index contributed by atoms with van der Waals surface area (Å²) in [5, 5.41) is 20.8. The summed E-state index contributed by atoms with van der Waals surface area (Å²) >= 11 is 4.05. The van der Waals surface area contributed by atoms with Crippen LogP contribution in [0.15, 0.2) is 54.7 Å². The van der Waals surface area contributed by atoms with Crippen LogP contribution in [-0.2, 0) is 65.8 Å². The number of Topliss-reactive ketones (excluding diaryl/α,β-unsaturated/α-hetero) is 6. The molecule has 0 fully saturated rings. The Labute approximate surface area is 552 Å². The number of benzene rings is 2. The Morgan fingerprint density at radius 3 is 1.72 bits per heavy atom. The first-order valence-electron chi connectivity index (χ1n) is 32.1. The molecule has 0 saturated carbocycles. The number of rotatable bonds is 48. The van der Waals surface area contributed by atoms with Crippen LogP contribution in [-0.4, -0.2) is 155 Å². The first-order valence-corrected chi connectivity index (χ1v) is 32.7. The predicted octanol–water partition coefficient (Wildman–Crippen LogP) is 1.06. The zero-order valence-electron chi connectivity index (χ0n) is 55.9. The topological polar surface area (TPSA) is 437 Å². The van der Waals surface area contributed by atoms with E-state index in [1.165, 1.54) is 0 Å². The molecule has 5 amide bonds. The van der Waals surface area contributed by atoms with Gasteiger partial charge in [0.1, 0.15) is 24.4 Å². The van der Waals surface area contributed by atoms with Crippen LogP contribution in [0.5, 0.6) is 0 Å². The standard InChI is InChI=1S/C65H105N15O12S/c1-35(2)23-47(75-64(91)52(27-39(9)10)80-92-32-41-18-20-42(21-19-41)61(88)78-53(33-93)60(67)87)55(82)29-54(81)40(11)72-34-73-50(25-37(5)6)62(89)77-51(26-38(7)8)63(90)76-48(24-36(3)4)58(85)56(83)31-74-79-49(28-43-30-71-46-17-13-12-15-44(43)46)59(86)57(84)45(66)16-14-22-70-65(68)69/h12-13,15,17-21,30,35-40,45,47-53,65,70-74,79-80,93H,14,16,22-29,31-34,66,68-69H2,1-11H3,(H2,67,87)(H,75,91)(H,76,90)(H,77,89)(H,78,88)/t40-,45-,47-,48-,49-,50-,51-,52-,53?/m0/s1. The summed E-state index contributed by atoms with van der Waals surface area (Å²) < 4.78 is 0. The number of fused-ring (bicyclic) bond motifs is 1. The summed E-state index contributed by atoms with van der Waals surface area (Å²) in [4.78, 5) is 158. The van der Waals surface area contributed by atoms with Gasteiger partial charge in [-0.2, -0.15) is 18.1 Å². The molecule has 1 unspecified atom stereocenters. The number of H-pyrrole nitrogens is 1. The maximum absolute atomic E-state index is 14.2. The number of hydrazine groups is 1. The van der Waals surface area contributed by atoms with Crippen molar-refractivity contribution < 1.29 is 57.6 Å². The monoisotopic (exact) mass is 1320 g/mol. The lowest BCUT2D eigenvalue weighted by atomic mass is 9.95.